The van der Waals surface area contributed by atoms with Gasteiger partial charge in [-0.05, 0) is 43.2 Å². The Hall–Kier alpha value is -3.22. The molecule has 0 saturated heterocycles. The molecule has 0 fully saturated rings. The lowest BCUT2D eigenvalue weighted by Gasteiger charge is -2.37. The summed E-state index contributed by atoms with van der Waals surface area (Å²) in [5.41, 5.74) is 2.51. The first-order valence-corrected chi connectivity index (χ1v) is 10.5. The van der Waals surface area contributed by atoms with Gasteiger partial charge in [-0.2, -0.15) is 0 Å². The Bertz CT molecular complexity index is 1050. The molecule has 2 aromatic heterocycles. The van der Waals surface area contributed by atoms with Gasteiger partial charge in [0, 0.05) is 18.9 Å². The first-order valence-electron chi connectivity index (χ1n) is 10.5. The second-order valence-electron chi connectivity index (χ2n) is 7.42. The normalized spacial score (nSPS) is 18.5. The lowest BCUT2D eigenvalue weighted by Crippen LogP contribution is -2.50. The standard InChI is InChI=1S/C23H26N4O3/c1-3-5-8-15-26-21(28)19(22(29)30-4-2)20(16-11-13-24-14-12-16)27-18-10-7-6-9-17(18)25-23(26)27/h6-7,9-14,19-20H,3-5,8,15H2,1-2H3. The van der Waals surface area contributed by atoms with Crippen LogP contribution < -0.4 is 4.90 Å². The molecular weight excluding hydrogens is 380 g/mol. The molecule has 1 amide bonds. The summed E-state index contributed by atoms with van der Waals surface area (Å²) in [5.74, 6) is -1.15. The molecule has 0 aliphatic carbocycles. The number of para-hydroxylation sites is 2. The fourth-order valence-electron chi connectivity index (χ4n) is 4.14. The van der Waals surface area contributed by atoms with Crippen LogP contribution in [0.1, 0.15) is 44.7 Å². The summed E-state index contributed by atoms with van der Waals surface area (Å²) in [4.78, 5) is 37.2. The molecule has 1 aliphatic rings. The molecule has 2 unspecified atom stereocenters. The van der Waals surface area contributed by atoms with Gasteiger partial charge >= 0.3 is 5.97 Å². The van der Waals surface area contributed by atoms with E-state index in [2.05, 4.69) is 11.9 Å². The van der Waals surface area contributed by atoms with Crippen LogP contribution in [0.3, 0.4) is 0 Å². The number of fused-ring (bicyclic) bond motifs is 3. The van der Waals surface area contributed by atoms with Crippen molar-refractivity contribution in [2.24, 2.45) is 5.92 Å². The second kappa shape index (κ2) is 8.65. The molecule has 3 aromatic rings. The van der Waals surface area contributed by atoms with E-state index in [1.54, 1.807) is 24.2 Å². The zero-order valence-electron chi connectivity index (χ0n) is 17.3. The highest BCUT2D eigenvalue weighted by molar-refractivity contribution is 6.08. The number of nitrogens with zero attached hydrogens (tertiary/aromatic N) is 4. The molecule has 0 radical (unpaired) electrons. The number of hydrogen-bond acceptors (Lipinski definition) is 5. The van der Waals surface area contributed by atoms with Gasteiger partial charge in [0.25, 0.3) is 0 Å². The summed E-state index contributed by atoms with van der Waals surface area (Å²) >= 11 is 0. The number of carbonyl (C=O) groups is 2. The van der Waals surface area contributed by atoms with Crippen molar-refractivity contribution in [3.63, 3.8) is 0 Å². The number of imidazole rings is 1. The average molecular weight is 406 g/mol. The minimum Gasteiger partial charge on any atom is -0.465 e. The Morgan fingerprint density at radius 2 is 1.87 bits per heavy atom. The molecule has 0 N–H and O–H groups in total. The predicted molar refractivity (Wildman–Crippen MR) is 114 cm³/mol. The Morgan fingerprint density at radius 3 is 2.60 bits per heavy atom. The number of aromatic nitrogens is 3. The number of unbranched alkanes of at least 4 members (excludes halogenated alkanes) is 2. The van der Waals surface area contributed by atoms with Crippen LogP contribution in [-0.2, 0) is 14.3 Å². The summed E-state index contributed by atoms with van der Waals surface area (Å²) in [6, 6.07) is 10.9. The summed E-state index contributed by atoms with van der Waals surface area (Å²) in [5, 5.41) is 0. The van der Waals surface area contributed by atoms with Gasteiger partial charge in [0.15, 0.2) is 5.92 Å². The van der Waals surface area contributed by atoms with Crippen molar-refractivity contribution in [2.45, 2.75) is 39.2 Å². The molecule has 156 valence electrons. The smallest absolute Gasteiger partial charge is 0.321 e. The van der Waals surface area contributed by atoms with Crippen LogP contribution in [0, 0.1) is 5.92 Å². The molecule has 1 aliphatic heterocycles. The molecule has 4 rings (SSSR count). The van der Waals surface area contributed by atoms with Crippen LogP contribution >= 0.6 is 0 Å². The first kappa shape index (κ1) is 20.1. The molecule has 7 heteroatoms. The molecule has 7 nitrogen and oxygen atoms in total. The summed E-state index contributed by atoms with van der Waals surface area (Å²) in [6.45, 7) is 4.62. The monoisotopic (exact) mass is 406 g/mol. The van der Waals surface area contributed by atoms with Crippen LogP contribution in [0.2, 0.25) is 0 Å². The van der Waals surface area contributed by atoms with Crippen LogP contribution in [-0.4, -0.2) is 39.6 Å². The highest BCUT2D eigenvalue weighted by atomic mass is 16.5. The number of rotatable bonds is 7. The number of anilines is 1. The highest BCUT2D eigenvalue weighted by Crippen LogP contribution is 2.41. The van der Waals surface area contributed by atoms with E-state index in [1.165, 1.54) is 0 Å². The van der Waals surface area contributed by atoms with Gasteiger partial charge in [0.1, 0.15) is 0 Å². The third kappa shape index (κ3) is 3.44. The SMILES string of the molecule is CCCCCN1C(=O)C(C(=O)OCC)C(c2ccncc2)n2c1nc1ccccc12. The molecule has 2 atom stereocenters. The molecule has 3 heterocycles. The predicted octanol–water partition coefficient (Wildman–Crippen LogP) is 3.74. The number of hydrogen-bond donors (Lipinski definition) is 0. The third-order valence-corrected chi connectivity index (χ3v) is 5.52. The number of ether oxygens (including phenoxy) is 1. The van der Waals surface area contributed by atoms with E-state index in [0.717, 1.165) is 35.9 Å². The Kier molecular flexibility index (Phi) is 5.79. The largest absolute Gasteiger partial charge is 0.465 e. The van der Waals surface area contributed by atoms with E-state index in [1.807, 2.05) is 41.0 Å². The van der Waals surface area contributed by atoms with Gasteiger partial charge in [-0.15, -0.1) is 0 Å². The van der Waals surface area contributed by atoms with Crippen LogP contribution in [0.4, 0.5) is 5.95 Å². The Balaban J connectivity index is 1.93. The number of pyridine rings is 1. The zero-order valence-corrected chi connectivity index (χ0v) is 17.3. The van der Waals surface area contributed by atoms with Crippen molar-refractivity contribution >= 4 is 28.9 Å². The van der Waals surface area contributed by atoms with Crippen LogP contribution in [0.15, 0.2) is 48.8 Å². The van der Waals surface area contributed by atoms with Crippen molar-refractivity contribution in [2.75, 3.05) is 18.1 Å². The fourth-order valence-corrected chi connectivity index (χ4v) is 4.14. The highest BCUT2D eigenvalue weighted by Gasteiger charge is 2.47. The zero-order chi connectivity index (χ0) is 21.1. The van der Waals surface area contributed by atoms with Crippen molar-refractivity contribution in [1.82, 2.24) is 14.5 Å². The number of esters is 1. The molecule has 30 heavy (non-hydrogen) atoms. The Morgan fingerprint density at radius 1 is 1.10 bits per heavy atom. The quantitative estimate of drug-likeness (QED) is 0.339. The molecule has 0 saturated carbocycles. The average Bonchev–Trinajstić information content (AvgIpc) is 3.14. The molecule has 0 spiro atoms. The van der Waals surface area contributed by atoms with Crippen molar-refractivity contribution in [3.8, 4) is 0 Å². The lowest BCUT2D eigenvalue weighted by atomic mass is 9.90. The number of benzene rings is 1. The van der Waals surface area contributed by atoms with Crippen molar-refractivity contribution in [3.05, 3.63) is 54.4 Å². The van der Waals surface area contributed by atoms with Crippen LogP contribution in [0.25, 0.3) is 11.0 Å². The van der Waals surface area contributed by atoms with Gasteiger partial charge < -0.3 is 9.30 Å². The summed E-state index contributed by atoms with van der Waals surface area (Å²) in [7, 11) is 0. The summed E-state index contributed by atoms with van der Waals surface area (Å²) < 4.78 is 7.36. The third-order valence-electron chi connectivity index (χ3n) is 5.52. The van der Waals surface area contributed by atoms with Gasteiger partial charge in [-0.1, -0.05) is 31.9 Å². The van der Waals surface area contributed by atoms with Crippen molar-refractivity contribution < 1.29 is 14.3 Å². The molecule has 1 aromatic carbocycles. The second-order valence-corrected chi connectivity index (χ2v) is 7.42. The molecular formula is C23H26N4O3. The van der Waals surface area contributed by atoms with E-state index in [0.29, 0.717) is 12.5 Å². The topological polar surface area (TPSA) is 77.3 Å². The summed E-state index contributed by atoms with van der Waals surface area (Å²) in [6.07, 6.45) is 6.24. The van der Waals surface area contributed by atoms with Gasteiger partial charge in [-0.25, -0.2) is 4.98 Å². The van der Waals surface area contributed by atoms with Gasteiger partial charge in [0.05, 0.1) is 23.7 Å². The first-order chi connectivity index (χ1) is 14.7. The minimum absolute atomic E-state index is 0.221. The van der Waals surface area contributed by atoms with Gasteiger partial charge in [0.2, 0.25) is 11.9 Å². The van der Waals surface area contributed by atoms with E-state index >= 15 is 0 Å². The van der Waals surface area contributed by atoms with Crippen LogP contribution in [0.5, 0.6) is 0 Å². The van der Waals surface area contributed by atoms with E-state index in [4.69, 9.17) is 9.72 Å². The van der Waals surface area contributed by atoms with E-state index in [-0.39, 0.29) is 12.5 Å². The van der Waals surface area contributed by atoms with E-state index < -0.39 is 17.9 Å². The van der Waals surface area contributed by atoms with E-state index in [9.17, 15) is 9.59 Å². The molecule has 0 bridgehead atoms. The number of carbonyl (C=O) groups excluding carboxylic acids is 2. The minimum atomic E-state index is -0.973. The van der Waals surface area contributed by atoms with Gasteiger partial charge in [-0.3, -0.25) is 19.5 Å². The lowest BCUT2D eigenvalue weighted by molar-refractivity contribution is -0.153. The fraction of sp³-hybridized carbons (Fsp3) is 0.391. The Labute approximate surface area is 175 Å². The maximum Gasteiger partial charge on any atom is 0.321 e. The number of amides is 1. The van der Waals surface area contributed by atoms with Crippen molar-refractivity contribution in [1.29, 1.82) is 0 Å². The maximum absolute atomic E-state index is 13.6. The maximum atomic E-state index is 13.6.